The zero-order valence-electron chi connectivity index (χ0n) is 11.4. The van der Waals surface area contributed by atoms with Gasteiger partial charge in [-0.2, -0.15) is 0 Å². The fourth-order valence-corrected chi connectivity index (χ4v) is 2.84. The summed E-state index contributed by atoms with van der Waals surface area (Å²) >= 11 is 0. The van der Waals surface area contributed by atoms with E-state index in [1.54, 1.807) is 4.90 Å². The van der Waals surface area contributed by atoms with Crippen LogP contribution < -0.4 is 5.73 Å². The first-order valence-electron chi connectivity index (χ1n) is 6.43. The molecule has 1 rings (SSSR count). The molecule has 0 spiro atoms. The van der Waals surface area contributed by atoms with E-state index in [1.807, 2.05) is 0 Å². The molecule has 1 saturated heterocycles. The van der Waals surface area contributed by atoms with Gasteiger partial charge in [0.2, 0.25) is 5.91 Å². The van der Waals surface area contributed by atoms with Crippen LogP contribution in [0.5, 0.6) is 0 Å². The van der Waals surface area contributed by atoms with Crippen LogP contribution in [0.2, 0.25) is 0 Å². The third kappa shape index (κ3) is 4.57. The van der Waals surface area contributed by atoms with Crippen LogP contribution >= 0.6 is 0 Å². The molecule has 0 saturated carbocycles. The van der Waals surface area contributed by atoms with E-state index in [4.69, 9.17) is 5.73 Å². The molecule has 1 aliphatic heterocycles. The fourth-order valence-electron chi connectivity index (χ4n) is 2.16. The quantitative estimate of drug-likeness (QED) is 0.798. The van der Waals surface area contributed by atoms with E-state index < -0.39 is 15.9 Å². The van der Waals surface area contributed by atoms with Crippen molar-refractivity contribution in [2.45, 2.75) is 32.7 Å². The minimum Gasteiger partial charge on any atom is -0.341 e. The SMILES string of the molecule is CC1CCN(C(=O)C(N)CCS(C)(=O)=O)CC1C. The van der Waals surface area contributed by atoms with Gasteiger partial charge in [-0.3, -0.25) is 4.79 Å². The monoisotopic (exact) mass is 276 g/mol. The van der Waals surface area contributed by atoms with Crippen molar-refractivity contribution >= 4 is 15.7 Å². The molecule has 0 radical (unpaired) electrons. The molecule has 0 aromatic carbocycles. The molecule has 18 heavy (non-hydrogen) atoms. The van der Waals surface area contributed by atoms with Crippen molar-refractivity contribution in [2.75, 3.05) is 25.1 Å². The van der Waals surface area contributed by atoms with Crippen molar-refractivity contribution in [3.05, 3.63) is 0 Å². The number of rotatable bonds is 4. The molecule has 1 heterocycles. The lowest BCUT2D eigenvalue weighted by Gasteiger charge is -2.36. The highest BCUT2D eigenvalue weighted by Gasteiger charge is 2.28. The van der Waals surface area contributed by atoms with Crippen molar-refractivity contribution in [1.29, 1.82) is 0 Å². The van der Waals surface area contributed by atoms with Crippen LogP contribution in [-0.2, 0) is 14.6 Å². The number of likely N-dealkylation sites (tertiary alicyclic amines) is 1. The first kappa shape index (κ1) is 15.4. The molecule has 0 aromatic rings. The van der Waals surface area contributed by atoms with E-state index in [0.29, 0.717) is 11.8 Å². The van der Waals surface area contributed by atoms with Gasteiger partial charge >= 0.3 is 0 Å². The van der Waals surface area contributed by atoms with E-state index >= 15 is 0 Å². The van der Waals surface area contributed by atoms with Crippen LogP contribution in [0.25, 0.3) is 0 Å². The summed E-state index contributed by atoms with van der Waals surface area (Å²) in [5.41, 5.74) is 5.78. The Bertz CT molecular complexity index is 394. The second-order valence-corrected chi connectivity index (χ2v) is 7.81. The van der Waals surface area contributed by atoms with Crippen LogP contribution in [0, 0.1) is 11.8 Å². The summed E-state index contributed by atoms with van der Waals surface area (Å²) in [6, 6.07) is -0.694. The Hall–Kier alpha value is -0.620. The summed E-state index contributed by atoms with van der Waals surface area (Å²) < 4.78 is 22.1. The maximum absolute atomic E-state index is 12.1. The maximum Gasteiger partial charge on any atom is 0.239 e. The summed E-state index contributed by atoms with van der Waals surface area (Å²) in [4.78, 5) is 13.8. The highest BCUT2D eigenvalue weighted by molar-refractivity contribution is 7.90. The molecule has 0 aliphatic carbocycles. The van der Waals surface area contributed by atoms with Crippen molar-refractivity contribution in [1.82, 2.24) is 4.90 Å². The van der Waals surface area contributed by atoms with Gasteiger partial charge in [-0.25, -0.2) is 8.42 Å². The molecule has 6 heteroatoms. The topological polar surface area (TPSA) is 80.5 Å². The number of amides is 1. The Kier molecular flexibility index (Phi) is 5.16. The van der Waals surface area contributed by atoms with Crippen LogP contribution in [-0.4, -0.2) is 50.4 Å². The fraction of sp³-hybridized carbons (Fsp3) is 0.917. The highest BCUT2D eigenvalue weighted by atomic mass is 32.2. The molecule has 3 atom stereocenters. The van der Waals surface area contributed by atoms with Gasteiger partial charge in [0.05, 0.1) is 11.8 Å². The molecule has 1 fully saturated rings. The van der Waals surface area contributed by atoms with Crippen LogP contribution in [0.3, 0.4) is 0 Å². The first-order chi connectivity index (χ1) is 8.20. The molecule has 5 nitrogen and oxygen atoms in total. The maximum atomic E-state index is 12.1. The van der Waals surface area contributed by atoms with E-state index in [1.165, 1.54) is 0 Å². The van der Waals surface area contributed by atoms with Gasteiger partial charge < -0.3 is 10.6 Å². The smallest absolute Gasteiger partial charge is 0.239 e. The lowest BCUT2D eigenvalue weighted by Crippen LogP contribution is -2.49. The summed E-state index contributed by atoms with van der Waals surface area (Å²) in [6.07, 6.45) is 2.36. The molecule has 106 valence electrons. The van der Waals surface area contributed by atoms with Gasteiger partial charge in [-0.05, 0) is 24.7 Å². The Balaban J connectivity index is 2.49. The van der Waals surface area contributed by atoms with Crippen molar-refractivity contribution < 1.29 is 13.2 Å². The largest absolute Gasteiger partial charge is 0.341 e. The third-order valence-electron chi connectivity index (χ3n) is 3.76. The molecular formula is C12H24N2O3S. The summed E-state index contributed by atoms with van der Waals surface area (Å²) in [5, 5.41) is 0. The van der Waals surface area contributed by atoms with E-state index in [2.05, 4.69) is 13.8 Å². The summed E-state index contributed by atoms with van der Waals surface area (Å²) in [6.45, 7) is 5.78. The number of nitrogens with zero attached hydrogens (tertiary/aromatic N) is 1. The Morgan fingerprint density at radius 1 is 1.39 bits per heavy atom. The normalized spacial score (nSPS) is 27.0. The molecule has 0 aromatic heterocycles. The molecule has 1 amide bonds. The van der Waals surface area contributed by atoms with Crippen LogP contribution in [0.15, 0.2) is 0 Å². The van der Waals surface area contributed by atoms with E-state index in [0.717, 1.165) is 25.8 Å². The average molecular weight is 276 g/mol. The van der Waals surface area contributed by atoms with E-state index in [9.17, 15) is 13.2 Å². The molecule has 1 aliphatic rings. The Morgan fingerprint density at radius 2 is 2.00 bits per heavy atom. The standard InChI is InChI=1S/C12H24N2O3S/c1-9-4-6-14(8-10(9)2)12(15)11(13)5-7-18(3,16)17/h9-11H,4-8,13H2,1-3H3. The molecule has 3 unspecified atom stereocenters. The number of hydrogen-bond acceptors (Lipinski definition) is 4. The molecule has 0 bridgehead atoms. The average Bonchev–Trinajstić information content (AvgIpc) is 2.27. The van der Waals surface area contributed by atoms with Crippen LogP contribution in [0.1, 0.15) is 26.7 Å². The summed E-state index contributed by atoms with van der Waals surface area (Å²) in [7, 11) is -3.05. The second-order valence-electron chi connectivity index (χ2n) is 5.55. The van der Waals surface area contributed by atoms with Gasteiger partial charge in [0.25, 0.3) is 0 Å². The minimum atomic E-state index is -3.05. The number of sulfone groups is 1. The summed E-state index contributed by atoms with van der Waals surface area (Å²) in [5.74, 6) is 0.961. The van der Waals surface area contributed by atoms with Crippen molar-refractivity contribution in [3.63, 3.8) is 0 Å². The zero-order valence-corrected chi connectivity index (χ0v) is 12.2. The lowest BCUT2D eigenvalue weighted by atomic mass is 9.88. The second kappa shape index (κ2) is 6.02. The number of nitrogens with two attached hydrogens (primary N) is 1. The number of carbonyl (C=O) groups is 1. The number of hydrogen-bond donors (Lipinski definition) is 1. The van der Waals surface area contributed by atoms with Crippen molar-refractivity contribution in [2.24, 2.45) is 17.6 Å². The zero-order chi connectivity index (χ0) is 13.9. The Morgan fingerprint density at radius 3 is 2.50 bits per heavy atom. The van der Waals surface area contributed by atoms with Gasteiger partial charge in [0.15, 0.2) is 0 Å². The van der Waals surface area contributed by atoms with E-state index in [-0.39, 0.29) is 18.1 Å². The van der Waals surface area contributed by atoms with Gasteiger partial charge in [0, 0.05) is 19.3 Å². The van der Waals surface area contributed by atoms with Gasteiger partial charge in [0.1, 0.15) is 9.84 Å². The molecular weight excluding hydrogens is 252 g/mol. The predicted octanol–water partition coefficient (Wildman–Crippen LogP) is 0.253. The van der Waals surface area contributed by atoms with Gasteiger partial charge in [-0.15, -0.1) is 0 Å². The van der Waals surface area contributed by atoms with Gasteiger partial charge in [-0.1, -0.05) is 13.8 Å². The number of carbonyl (C=O) groups excluding carboxylic acids is 1. The minimum absolute atomic E-state index is 0.0281. The first-order valence-corrected chi connectivity index (χ1v) is 8.49. The third-order valence-corrected chi connectivity index (χ3v) is 4.74. The van der Waals surface area contributed by atoms with Crippen molar-refractivity contribution in [3.8, 4) is 0 Å². The lowest BCUT2D eigenvalue weighted by molar-refractivity contribution is -0.135. The molecule has 2 N–H and O–H groups in total. The Labute approximate surface area is 110 Å². The predicted molar refractivity (Wildman–Crippen MR) is 71.8 cm³/mol. The number of piperidine rings is 1. The highest BCUT2D eigenvalue weighted by Crippen LogP contribution is 2.22. The van der Waals surface area contributed by atoms with Crippen LogP contribution in [0.4, 0.5) is 0 Å².